The van der Waals surface area contributed by atoms with Gasteiger partial charge in [0.15, 0.2) is 5.82 Å². The van der Waals surface area contributed by atoms with Crippen molar-refractivity contribution in [3.05, 3.63) is 46.6 Å². The maximum Gasteiger partial charge on any atom is 0.264 e. The second-order valence-corrected chi connectivity index (χ2v) is 4.88. The molecule has 1 heterocycles. The molecule has 1 aromatic carbocycles. The molecule has 20 heavy (non-hydrogen) atoms. The fraction of sp³-hybridized carbons (Fsp3) is 0.429. The highest BCUT2D eigenvalue weighted by Gasteiger charge is 2.20. The molecule has 0 amide bonds. The molecule has 6 heteroatoms. The third-order valence-corrected chi connectivity index (χ3v) is 2.83. The molecule has 0 aliphatic carbocycles. The Morgan fingerprint density at radius 3 is 2.45 bits per heavy atom. The van der Waals surface area contributed by atoms with Crippen LogP contribution >= 0.6 is 0 Å². The first kappa shape index (κ1) is 14.6. The fourth-order valence-electron chi connectivity index (χ4n) is 2.07. The number of aromatic nitrogens is 2. The first-order chi connectivity index (χ1) is 9.44. The van der Waals surface area contributed by atoms with Gasteiger partial charge in [0.1, 0.15) is 6.10 Å². The highest BCUT2D eigenvalue weighted by atomic mass is 19.3. The summed E-state index contributed by atoms with van der Waals surface area (Å²) in [5.74, 6) is 0.448. The lowest BCUT2D eigenvalue weighted by Gasteiger charge is -2.04. The molecule has 0 spiro atoms. The fourth-order valence-corrected chi connectivity index (χ4v) is 2.07. The second-order valence-electron chi connectivity index (χ2n) is 4.88. The van der Waals surface area contributed by atoms with E-state index in [1.165, 1.54) is 0 Å². The third-order valence-electron chi connectivity index (χ3n) is 2.83. The number of aliphatic hydroxyl groups is 1. The van der Waals surface area contributed by atoms with Crippen molar-refractivity contribution in [2.24, 2.45) is 0 Å². The Kier molecular flexibility index (Phi) is 4.44. The van der Waals surface area contributed by atoms with Crippen molar-refractivity contribution in [3.63, 3.8) is 0 Å². The average Bonchev–Trinajstić information content (AvgIpc) is 2.74. The van der Waals surface area contributed by atoms with Gasteiger partial charge in [-0.15, -0.1) is 0 Å². The minimum absolute atomic E-state index is 0.0252. The van der Waals surface area contributed by atoms with Gasteiger partial charge in [-0.1, -0.05) is 34.5 Å². The first-order valence-corrected chi connectivity index (χ1v) is 6.29. The zero-order valence-corrected chi connectivity index (χ0v) is 11.3. The van der Waals surface area contributed by atoms with E-state index in [4.69, 9.17) is 9.63 Å². The molecule has 1 atom stereocenters. The van der Waals surface area contributed by atoms with Gasteiger partial charge in [0.25, 0.3) is 6.43 Å². The Balaban J connectivity index is 2.05. The molecular formula is C14H16F2N2O2. The summed E-state index contributed by atoms with van der Waals surface area (Å²) in [6.45, 7) is 3.99. The van der Waals surface area contributed by atoms with Crippen molar-refractivity contribution in [1.29, 1.82) is 0 Å². The summed E-state index contributed by atoms with van der Waals surface area (Å²) < 4.78 is 29.3. The molecule has 0 bridgehead atoms. The van der Waals surface area contributed by atoms with E-state index in [1.807, 2.05) is 26.0 Å². The molecule has 0 fully saturated rings. The molecule has 0 radical (unpaired) electrons. The molecule has 0 aliphatic heterocycles. The van der Waals surface area contributed by atoms with E-state index in [0.29, 0.717) is 12.2 Å². The Morgan fingerprint density at radius 2 is 1.85 bits per heavy atom. The lowest BCUT2D eigenvalue weighted by molar-refractivity contribution is -0.00754. The van der Waals surface area contributed by atoms with Gasteiger partial charge in [-0.2, -0.15) is 4.98 Å². The second kappa shape index (κ2) is 6.09. The van der Waals surface area contributed by atoms with Gasteiger partial charge < -0.3 is 9.63 Å². The van der Waals surface area contributed by atoms with Crippen molar-refractivity contribution in [3.8, 4) is 0 Å². The molecule has 1 N–H and O–H groups in total. The number of aliphatic hydroxyl groups excluding tert-OH is 1. The van der Waals surface area contributed by atoms with Crippen LogP contribution in [-0.4, -0.2) is 27.8 Å². The normalized spacial score (nSPS) is 12.9. The largest absolute Gasteiger partial charge is 0.387 e. The number of rotatable bonds is 5. The standard InChI is InChI=1S/C14H16F2N2O2/c1-8-3-9(2)5-10(4-8)6-12-17-13(20-18-12)7-11(19)14(15)16/h3-5,11,14,19H,6-7H2,1-2H3. The van der Waals surface area contributed by atoms with E-state index in [1.54, 1.807) is 0 Å². The summed E-state index contributed by atoms with van der Waals surface area (Å²) in [7, 11) is 0. The quantitative estimate of drug-likeness (QED) is 0.915. The van der Waals surface area contributed by atoms with Crippen LogP contribution in [0.1, 0.15) is 28.4 Å². The minimum Gasteiger partial charge on any atom is -0.387 e. The molecule has 2 rings (SSSR count). The third kappa shape index (κ3) is 3.84. The summed E-state index contributed by atoms with van der Waals surface area (Å²) in [6.07, 6.45) is -4.46. The molecule has 108 valence electrons. The summed E-state index contributed by atoms with van der Waals surface area (Å²) in [6, 6.07) is 6.08. The van der Waals surface area contributed by atoms with E-state index in [0.717, 1.165) is 16.7 Å². The van der Waals surface area contributed by atoms with Gasteiger partial charge in [0, 0.05) is 6.42 Å². The van der Waals surface area contributed by atoms with Gasteiger partial charge in [0.05, 0.1) is 6.42 Å². The SMILES string of the molecule is Cc1cc(C)cc(Cc2noc(CC(O)C(F)F)n2)c1. The average molecular weight is 282 g/mol. The van der Waals surface area contributed by atoms with Gasteiger partial charge >= 0.3 is 0 Å². The predicted molar refractivity (Wildman–Crippen MR) is 68.7 cm³/mol. The van der Waals surface area contributed by atoms with Crippen LogP contribution in [0.15, 0.2) is 22.7 Å². The van der Waals surface area contributed by atoms with Gasteiger partial charge in [-0.3, -0.25) is 0 Å². The van der Waals surface area contributed by atoms with Crippen LogP contribution in [0.25, 0.3) is 0 Å². The number of hydrogen-bond donors (Lipinski definition) is 1. The Bertz CT molecular complexity index is 564. The van der Waals surface area contributed by atoms with Crippen LogP contribution in [0.4, 0.5) is 8.78 Å². The zero-order chi connectivity index (χ0) is 14.7. The summed E-state index contributed by atoms with van der Waals surface area (Å²) in [5.41, 5.74) is 3.30. The molecule has 0 saturated heterocycles. The highest BCUT2D eigenvalue weighted by Crippen LogP contribution is 2.13. The first-order valence-electron chi connectivity index (χ1n) is 6.29. The topological polar surface area (TPSA) is 59.2 Å². The molecular weight excluding hydrogens is 266 g/mol. The van der Waals surface area contributed by atoms with E-state index < -0.39 is 12.5 Å². The van der Waals surface area contributed by atoms with E-state index in [9.17, 15) is 8.78 Å². The van der Waals surface area contributed by atoms with E-state index >= 15 is 0 Å². The Morgan fingerprint density at radius 1 is 1.20 bits per heavy atom. The van der Waals surface area contributed by atoms with Crippen LogP contribution in [0, 0.1) is 13.8 Å². The summed E-state index contributed by atoms with van der Waals surface area (Å²) in [4.78, 5) is 4.02. The highest BCUT2D eigenvalue weighted by molar-refractivity contribution is 5.30. The zero-order valence-electron chi connectivity index (χ0n) is 11.3. The van der Waals surface area contributed by atoms with Crippen molar-refractivity contribution >= 4 is 0 Å². The van der Waals surface area contributed by atoms with Crippen LogP contribution in [0.2, 0.25) is 0 Å². The van der Waals surface area contributed by atoms with Crippen molar-refractivity contribution in [1.82, 2.24) is 10.1 Å². The lowest BCUT2D eigenvalue weighted by Crippen LogP contribution is -2.20. The lowest BCUT2D eigenvalue weighted by atomic mass is 10.1. The molecule has 1 aromatic heterocycles. The van der Waals surface area contributed by atoms with Gasteiger partial charge in [0.2, 0.25) is 5.89 Å². The van der Waals surface area contributed by atoms with Crippen molar-refractivity contribution in [2.75, 3.05) is 0 Å². The maximum absolute atomic E-state index is 12.2. The molecule has 0 aliphatic rings. The van der Waals surface area contributed by atoms with Crippen LogP contribution in [-0.2, 0) is 12.8 Å². The monoisotopic (exact) mass is 282 g/mol. The van der Waals surface area contributed by atoms with Gasteiger partial charge in [-0.25, -0.2) is 8.78 Å². The molecule has 0 saturated carbocycles. The van der Waals surface area contributed by atoms with Crippen molar-refractivity contribution < 1.29 is 18.4 Å². The number of halogens is 2. The number of nitrogens with zero attached hydrogens (tertiary/aromatic N) is 2. The predicted octanol–water partition coefficient (Wildman–Crippen LogP) is 2.45. The molecule has 4 nitrogen and oxygen atoms in total. The number of alkyl halides is 2. The van der Waals surface area contributed by atoms with Crippen molar-refractivity contribution in [2.45, 2.75) is 39.2 Å². The van der Waals surface area contributed by atoms with Crippen LogP contribution in [0.3, 0.4) is 0 Å². The van der Waals surface area contributed by atoms with E-state index in [-0.39, 0.29) is 12.3 Å². The van der Waals surface area contributed by atoms with Crippen LogP contribution < -0.4 is 0 Å². The number of hydrogen-bond acceptors (Lipinski definition) is 4. The number of aryl methyl sites for hydroxylation is 2. The maximum atomic E-state index is 12.2. The Labute approximate surface area is 115 Å². The Hall–Kier alpha value is -1.82. The van der Waals surface area contributed by atoms with Crippen LogP contribution in [0.5, 0.6) is 0 Å². The molecule has 1 unspecified atom stereocenters. The summed E-state index contributed by atoms with van der Waals surface area (Å²) >= 11 is 0. The van der Waals surface area contributed by atoms with Gasteiger partial charge in [-0.05, 0) is 19.4 Å². The molecule has 2 aromatic rings. The minimum atomic E-state index is -2.82. The summed E-state index contributed by atoms with van der Waals surface area (Å²) in [5, 5.41) is 12.8. The van der Waals surface area contributed by atoms with E-state index in [2.05, 4.69) is 16.2 Å². The smallest absolute Gasteiger partial charge is 0.264 e. The number of benzene rings is 1.